The predicted octanol–water partition coefficient (Wildman–Crippen LogP) is 2.00. The molecule has 0 saturated heterocycles. The normalized spacial score (nSPS) is 9.83. The molecular formula is C13H14N4O. The summed E-state index contributed by atoms with van der Waals surface area (Å²) in [6, 6.07) is 9.75. The molecule has 2 aromatic rings. The molecule has 2 rings (SSSR count). The van der Waals surface area contributed by atoms with Crippen molar-refractivity contribution in [3.8, 4) is 11.1 Å². The molecule has 0 fully saturated rings. The number of carbonyl (C=O) groups excluding carboxylic acids is 1. The second-order valence-corrected chi connectivity index (χ2v) is 3.68. The quantitative estimate of drug-likeness (QED) is 0.805. The van der Waals surface area contributed by atoms with Crippen molar-refractivity contribution in [1.82, 2.24) is 15.4 Å². The summed E-state index contributed by atoms with van der Waals surface area (Å²) >= 11 is 0. The second-order valence-electron chi connectivity index (χ2n) is 3.68. The highest BCUT2D eigenvalue weighted by Crippen LogP contribution is 2.23. The Hall–Kier alpha value is -2.43. The third-order valence-corrected chi connectivity index (χ3v) is 2.44. The average Bonchev–Trinajstić information content (AvgIpc) is 2.46. The molecule has 0 aliphatic heterocycles. The van der Waals surface area contributed by atoms with Crippen molar-refractivity contribution in [2.24, 2.45) is 0 Å². The monoisotopic (exact) mass is 242 g/mol. The number of aromatic nitrogens is 2. The Morgan fingerprint density at radius 3 is 2.78 bits per heavy atom. The van der Waals surface area contributed by atoms with E-state index < -0.39 is 0 Å². The van der Waals surface area contributed by atoms with Gasteiger partial charge in [-0.15, -0.1) is 0 Å². The molecule has 2 N–H and O–H groups in total. The minimum Gasteiger partial charge on any atom is -0.281 e. The summed E-state index contributed by atoms with van der Waals surface area (Å²) in [5.41, 5.74) is 7.23. The predicted molar refractivity (Wildman–Crippen MR) is 69.5 cm³/mol. The van der Waals surface area contributed by atoms with Crippen LogP contribution in [0.3, 0.4) is 0 Å². The topological polar surface area (TPSA) is 66.9 Å². The minimum atomic E-state index is -0.0902. The van der Waals surface area contributed by atoms with Gasteiger partial charge in [0.25, 0.3) is 0 Å². The first-order valence-corrected chi connectivity index (χ1v) is 5.71. The number of nitrogens with zero attached hydrogens (tertiary/aromatic N) is 2. The molecular weight excluding hydrogens is 228 g/mol. The smallest absolute Gasteiger partial charge is 0.238 e. The van der Waals surface area contributed by atoms with Gasteiger partial charge in [0.15, 0.2) is 5.82 Å². The fourth-order valence-electron chi connectivity index (χ4n) is 1.48. The van der Waals surface area contributed by atoms with Crippen LogP contribution < -0.4 is 10.9 Å². The third-order valence-electron chi connectivity index (χ3n) is 2.44. The Labute approximate surface area is 105 Å². The molecule has 92 valence electrons. The van der Waals surface area contributed by atoms with Gasteiger partial charge in [-0.05, 0) is 5.56 Å². The van der Waals surface area contributed by atoms with E-state index in [1.54, 1.807) is 13.1 Å². The summed E-state index contributed by atoms with van der Waals surface area (Å²) in [6.45, 7) is 1.79. The zero-order chi connectivity index (χ0) is 12.8. The summed E-state index contributed by atoms with van der Waals surface area (Å²) in [5, 5.41) is 0. The van der Waals surface area contributed by atoms with Crippen LogP contribution in [0.1, 0.15) is 13.3 Å². The molecule has 0 bridgehead atoms. The molecule has 1 aromatic carbocycles. The summed E-state index contributed by atoms with van der Waals surface area (Å²) in [6.07, 6.45) is 3.56. The van der Waals surface area contributed by atoms with Crippen molar-refractivity contribution in [1.29, 1.82) is 0 Å². The van der Waals surface area contributed by atoms with E-state index in [1.165, 1.54) is 6.33 Å². The minimum absolute atomic E-state index is 0.0902. The molecule has 1 aromatic heterocycles. The van der Waals surface area contributed by atoms with Crippen LogP contribution in [-0.2, 0) is 4.79 Å². The van der Waals surface area contributed by atoms with Crippen LogP contribution in [0.4, 0.5) is 5.82 Å². The number of hydrogen-bond donors (Lipinski definition) is 2. The molecule has 1 amide bonds. The van der Waals surface area contributed by atoms with Gasteiger partial charge in [0.2, 0.25) is 5.91 Å². The van der Waals surface area contributed by atoms with Crippen LogP contribution in [0.15, 0.2) is 42.9 Å². The highest BCUT2D eigenvalue weighted by atomic mass is 16.2. The first-order valence-electron chi connectivity index (χ1n) is 5.71. The maximum Gasteiger partial charge on any atom is 0.238 e. The van der Waals surface area contributed by atoms with Crippen molar-refractivity contribution in [2.45, 2.75) is 13.3 Å². The summed E-state index contributed by atoms with van der Waals surface area (Å²) in [4.78, 5) is 19.3. The van der Waals surface area contributed by atoms with Gasteiger partial charge >= 0.3 is 0 Å². The van der Waals surface area contributed by atoms with Crippen LogP contribution in [-0.4, -0.2) is 15.9 Å². The maximum atomic E-state index is 11.2. The molecule has 0 saturated carbocycles. The van der Waals surface area contributed by atoms with Crippen LogP contribution in [0.2, 0.25) is 0 Å². The molecule has 0 aliphatic rings. The lowest BCUT2D eigenvalue weighted by molar-refractivity contribution is -0.120. The van der Waals surface area contributed by atoms with Crippen molar-refractivity contribution < 1.29 is 4.79 Å². The lowest BCUT2D eigenvalue weighted by Crippen LogP contribution is -2.29. The van der Waals surface area contributed by atoms with Crippen LogP contribution >= 0.6 is 0 Å². The Kier molecular flexibility index (Phi) is 3.86. The van der Waals surface area contributed by atoms with E-state index in [0.717, 1.165) is 11.1 Å². The van der Waals surface area contributed by atoms with E-state index >= 15 is 0 Å². The maximum absolute atomic E-state index is 11.2. The highest BCUT2D eigenvalue weighted by molar-refractivity contribution is 5.79. The Morgan fingerprint density at radius 2 is 2.06 bits per heavy atom. The van der Waals surface area contributed by atoms with E-state index in [9.17, 15) is 4.79 Å². The van der Waals surface area contributed by atoms with Crippen molar-refractivity contribution in [3.05, 3.63) is 42.9 Å². The number of amides is 1. The molecule has 1 heterocycles. The van der Waals surface area contributed by atoms with E-state index in [-0.39, 0.29) is 5.91 Å². The molecule has 0 atom stereocenters. The lowest BCUT2D eigenvalue weighted by Gasteiger charge is -2.10. The number of benzene rings is 1. The molecule has 18 heavy (non-hydrogen) atoms. The van der Waals surface area contributed by atoms with E-state index in [0.29, 0.717) is 12.2 Å². The second kappa shape index (κ2) is 5.77. The molecule has 5 nitrogen and oxygen atoms in total. The van der Waals surface area contributed by atoms with Gasteiger partial charge in [-0.1, -0.05) is 37.3 Å². The average molecular weight is 242 g/mol. The van der Waals surface area contributed by atoms with Crippen LogP contribution in [0.25, 0.3) is 11.1 Å². The van der Waals surface area contributed by atoms with E-state index in [1.807, 2.05) is 30.3 Å². The van der Waals surface area contributed by atoms with Gasteiger partial charge in [-0.2, -0.15) is 0 Å². The first kappa shape index (κ1) is 12.0. The van der Waals surface area contributed by atoms with E-state index in [2.05, 4.69) is 20.8 Å². The third kappa shape index (κ3) is 2.82. The van der Waals surface area contributed by atoms with E-state index in [4.69, 9.17) is 0 Å². The SMILES string of the molecule is CCC(=O)NNc1ncncc1-c1ccccc1. The standard InChI is InChI=1S/C13H14N4O/c1-2-12(18)16-17-13-11(8-14-9-15-13)10-6-4-3-5-7-10/h3-9H,2H2,1H3,(H,16,18)(H,14,15,17). The van der Waals surface area contributed by atoms with Gasteiger partial charge in [-0.3, -0.25) is 15.6 Å². The number of nitrogens with one attached hydrogen (secondary N) is 2. The Morgan fingerprint density at radius 1 is 1.28 bits per heavy atom. The van der Waals surface area contributed by atoms with Gasteiger partial charge in [-0.25, -0.2) is 9.97 Å². The van der Waals surface area contributed by atoms with Gasteiger partial charge in [0.05, 0.1) is 0 Å². The number of rotatable bonds is 4. The van der Waals surface area contributed by atoms with Crippen molar-refractivity contribution in [2.75, 3.05) is 5.43 Å². The molecule has 0 radical (unpaired) electrons. The first-order chi connectivity index (χ1) is 8.81. The summed E-state index contributed by atoms with van der Waals surface area (Å²) < 4.78 is 0. The van der Waals surface area contributed by atoms with Crippen LogP contribution in [0, 0.1) is 0 Å². The van der Waals surface area contributed by atoms with Gasteiger partial charge < -0.3 is 0 Å². The molecule has 0 unspecified atom stereocenters. The zero-order valence-corrected chi connectivity index (χ0v) is 10.1. The Balaban J connectivity index is 2.24. The number of anilines is 1. The highest BCUT2D eigenvalue weighted by Gasteiger charge is 2.06. The summed E-state index contributed by atoms with van der Waals surface area (Å²) in [5.74, 6) is 0.491. The van der Waals surface area contributed by atoms with Gasteiger partial charge in [0, 0.05) is 18.2 Å². The van der Waals surface area contributed by atoms with Crippen LogP contribution in [0.5, 0.6) is 0 Å². The number of hydrazine groups is 1. The fourth-order valence-corrected chi connectivity index (χ4v) is 1.48. The molecule has 0 aliphatic carbocycles. The zero-order valence-electron chi connectivity index (χ0n) is 10.1. The van der Waals surface area contributed by atoms with Crippen molar-refractivity contribution in [3.63, 3.8) is 0 Å². The fraction of sp³-hybridized carbons (Fsp3) is 0.154. The molecule has 0 spiro atoms. The van der Waals surface area contributed by atoms with Gasteiger partial charge in [0.1, 0.15) is 6.33 Å². The number of hydrogen-bond acceptors (Lipinski definition) is 4. The van der Waals surface area contributed by atoms with Crippen molar-refractivity contribution >= 4 is 11.7 Å². The lowest BCUT2D eigenvalue weighted by atomic mass is 10.1. The Bertz CT molecular complexity index is 528. The number of carbonyl (C=O) groups is 1. The summed E-state index contributed by atoms with van der Waals surface area (Å²) in [7, 11) is 0. The molecule has 5 heteroatoms. The largest absolute Gasteiger partial charge is 0.281 e.